The molecule has 4 rings (SSSR count). The van der Waals surface area contributed by atoms with Crippen LogP contribution in [0, 0.1) is 5.82 Å². The smallest absolute Gasteiger partial charge is 0.299 e. The molecular weight excluding hydrogens is 389 g/mol. The molecule has 1 saturated heterocycles. The molecule has 0 saturated carbocycles. The molecule has 27 heavy (non-hydrogen) atoms. The molecule has 0 N–H and O–H groups in total. The Balaban J connectivity index is 1.50. The third-order valence-electron chi connectivity index (χ3n) is 5.39. The maximum Gasteiger partial charge on any atom is 0.326 e. The monoisotopic (exact) mass is 409 g/mol. The second-order valence-electron chi connectivity index (χ2n) is 6.97. The summed E-state index contributed by atoms with van der Waals surface area (Å²) in [5.74, 6) is -0.303. The van der Waals surface area contributed by atoms with E-state index in [-0.39, 0.29) is 11.9 Å². The maximum atomic E-state index is 14.0. The lowest BCUT2D eigenvalue weighted by molar-refractivity contribution is 0.204. The predicted octanol–water partition coefficient (Wildman–Crippen LogP) is 3.64. The first-order valence-electron chi connectivity index (χ1n) is 8.92. The largest absolute Gasteiger partial charge is 0.326 e. The Labute approximate surface area is 164 Å². The van der Waals surface area contributed by atoms with Crippen LogP contribution in [0.4, 0.5) is 15.8 Å². The van der Waals surface area contributed by atoms with Crippen molar-refractivity contribution in [3.8, 4) is 0 Å². The highest BCUT2D eigenvalue weighted by atomic mass is 35.5. The first-order valence-corrected chi connectivity index (χ1v) is 10.7. The van der Waals surface area contributed by atoms with Gasteiger partial charge >= 0.3 is 10.2 Å². The van der Waals surface area contributed by atoms with Crippen molar-refractivity contribution < 1.29 is 12.8 Å². The lowest BCUT2D eigenvalue weighted by Gasteiger charge is -2.37. The zero-order valence-corrected chi connectivity index (χ0v) is 16.5. The Hall–Kier alpha value is -1.83. The van der Waals surface area contributed by atoms with Crippen molar-refractivity contribution >= 4 is 33.2 Å². The molecule has 1 fully saturated rings. The number of rotatable bonds is 3. The van der Waals surface area contributed by atoms with Crippen LogP contribution in [0.15, 0.2) is 42.5 Å². The molecule has 144 valence electrons. The number of para-hydroxylation sites is 2. The van der Waals surface area contributed by atoms with E-state index in [1.165, 1.54) is 10.4 Å². The van der Waals surface area contributed by atoms with Gasteiger partial charge in [0.2, 0.25) is 0 Å². The maximum absolute atomic E-state index is 14.0. The quantitative estimate of drug-likeness (QED) is 0.777. The number of likely N-dealkylation sites (tertiary alicyclic amines) is 1. The van der Waals surface area contributed by atoms with Crippen LogP contribution in [0.2, 0.25) is 5.02 Å². The van der Waals surface area contributed by atoms with Gasteiger partial charge in [-0.2, -0.15) is 8.42 Å². The van der Waals surface area contributed by atoms with Crippen molar-refractivity contribution in [1.29, 1.82) is 0 Å². The van der Waals surface area contributed by atoms with Gasteiger partial charge in [0.15, 0.2) is 0 Å². The van der Waals surface area contributed by atoms with Crippen LogP contribution in [-0.2, 0) is 16.8 Å². The summed E-state index contributed by atoms with van der Waals surface area (Å²) in [6.07, 6.45) is 1.38. The van der Waals surface area contributed by atoms with Gasteiger partial charge in [-0.25, -0.2) is 8.70 Å². The van der Waals surface area contributed by atoms with E-state index in [1.54, 1.807) is 23.5 Å². The molecule has 2 aliphatic rings. The second kappa shape index (κ2) is 6.96. The minimum atomic E-state index is -3.55. The number of hydrogen-bond acceptors (Lipinski definition) is 3. The highest BCUT2D eigenvalue weighted by Crippen LogP contribution is 2.42. The summed E-state index contributed by atoms with van der Waals surface area (Å²) >= 11 is 6.13. The lowest BCUT2D eigenvalue weighted by atomic mass is 10.0. The van der Waals surface area contributed by atoms with Crippen LogP contribution in [0.25, 0.3) is 0 Å². The van der Waals surface area contributed by atoms with E-state index >= 15 is 0 Å². The Kier molecular flexibility index (Phi) is 4.78. The predicted molar refractivity (Wildman–Crippen MR) is 106 cm³/mol. The van der Waals surface area contributed by atoms with E-state index in [9.17, 15) is 12.8 Å². The second-order valence-corrected chi connectivity index (χ2v) is 9.21. The summed E-state index contributed by atoms with van der Waals surface area (Å²) in [5.41, 5.74) is 1.94. The van der Waals surface area contributed by atoms with E-state index in [2.05, 4.69) is 4.90 Å². The minimum Gasteiger partial charge on any atom is -0.299 e. The van der Waals surface area contributed by atoms with Gasteiger partial charge in [-0.15, -0.1) is 0 Å². The fourth-order valence-corrected chi connectivity index (χ4v) is 5.78. The highest BCUT2D eigenvalue weighted by molar-refractivity contribution is 7.94. The first-order chi connectivity index (χ1) is 12.9. The van der Waals surface area contributed by atoms with Gasteiger partial charge in [-0.05, 0) is 37.1 Å². The number of nitrogens with zero attached hydrogens (tertiary/aromatic N) is 3. The van der Waals surface area contributed by atoms with Crippen molar-refractivity contribution in [3.63, 3.8) is 0 Å². The van der Waals surface area contributed by atoms with Gasteiger partial charge in [0.1, 0.15) is 5.82 Å². The van der Waals surface area contributed by atoms with Gasteiger partial charge in [-0.3, -0.25) is 9.21 Å². The van der Waals surface area contributed by atoms with E-state index in [4.69, 9.17) is 11.6 Å². The summed E-state index contributed by atoms with van der Waals surface area (Å²) in [5, 5.41) is 0.426. The third-order valence-corrected chi connectivity index (χ3v) is 7.62. The summed E-state index contributed by atoms with van der Waals surface area (Å²) in [6.45, 7) is 1.81. The lowest BCUT2D eigenvalue weighted by Crippen LogP contribution is -2.48. The normalized spacial score (nSPS) is 20.1. The SMILES string of the molecule is CN1c2ccccc2N(C2CCN(Cc3c(F)cccc3Cl)CC2)S1(=O)=O. The van der Waals surface area contributed by atoms with Crippen LogP contribution in [-0.4, -0.2) is 39.5 Å². The fraction of sp³-hybridized carbons (Fsp3) is 0.368. The summed E-state index contributed by atoms with van der Waals surface area (Å²) in [7, 11) is -1.96. The first kappa shape index (κ1) is 18.5. The molecule has 8 heteroatoms. The average Bonchev–Trinajstić information content (AvgIpc) is 2.85. The number of hydrogen-bond donors (Lipinski definition) is 0. The van der Waals surface area contributed by atoms with Gasteiger partial charge in [0.25, 0.3) is 0 Å². The number of anilines is 2. The van der Waals surface area contributed by atoms with E-state index in [0.717, 1.165) is 5.69 Å². The Morgan fingerprint density at radius 1 is 1.07 bits per heavy atom. The Morgan fingerprint density at radius 2 is 1.74 bits per heavy atom. The van der Waals surface area contributed by atoms with Crippen LogP contribution in [0.3, 0.4) is 0 Å². The van der Waals surface area contributed by atoms with E-state index < -0.39 is 10.2 Å². The average molecular weight is 410 g/mol. The molecule has 5 nitrogen and oxygen atoms in total. The molecule has 2 aromatic rings. The number of piperidine rings is 1. The number of halogens is 2. The standard InChI is InChI=1S/C19H21ClFN3O2S/c1-22-18-7-2-3-8-19(18)24(27(22,25)26)14-9-11-23(12-10-14)13-15-16(20)5-4-6-17(15)21/h2-8,14H,9-13H2,1H3. The minimum absolute atomic E-state index is 0.103. The fourth-order valence-electron chi connectivity index (χ4n) is 3.90. The van der Waals surface area contributed by atoms with Crippen LogP contribution >= 0.6 is 11.6 Å². The van der Waals surface area contributed by atoms with Crippen LogP contribution < -0.4 is 8.61 Å². The number of benzene rings is 2. The molecule has 2 aromatic carbocycles. The third kappa shape index (κ3) is 3.17. The van der Waals surface area contributed by atoms with Crippen molar-refractivity contribution in [3.05, 3.63) is 58.9 Å². The molecular formula is C19H21ClFN3O2S. The Bertz CT molecular complexity index is 941. The molecule has 0 bridgehead atoms. The molecule has 0 amide bonds. The zero-order valence-electron chi connectivity index (χ0n) is 15.0. The molecule has 0 spiro atoms. The van der Waals surface area contributed by atoms with Crippen molar-refractivity contribution in [1.82, 2.24) is 4.90 Å². The summed E-state index contributed by atoms with van der Waals surface area (Å²) in [4.78, 5) is 2.12. The van der Waals surface area contributed by atoms with E-state index in [1.807, 2.05) is 24.3 Å². The molecule has 2 aliphatic heterocycles. The molecule has 0 radical (unpaired) electrons. The van der Waals surface area contributed by atoms with Crippen LogP contribution in [0.5, 0.6) is 0 Å². The topological polar surface area (TPSA) is 43.9 Å². The Morgan fingerprint density at radius 3 is 2.41 bits per heavy atom. The molecule has 0 aliphatic carbocycles. The highest BCUT2D eigenvalue weighted by Gasteiger charge is 2.42. The molecule has 0 unspecified atom stereocenters. The van der Waals surface area contributed by atoms with Gasteiger partial charge in [-0.1, -0.05) is 29.8 Å². The zero-order chi connectivity index (χ0) is 19.2. The van der Waals surface area contributed by atoms with Gasteiger partial charge in [0.05, 0.1) is 11.4 Å². The molecule has 2 heterocycles. The van der Waals surface area contributed by atoms with Crippen molar-refractivity contribution in [2.24, 2.45) is 0 Å². The van der Waals surface area contributed by atoms with Crippen molar-refractivity contribution in [2.75, 3.05) is 28.7 Å². The molecule has 0 aromatic heterocycles. The van der Waals surface area contributed by atoms with E-state index in [0.29, 0.717) is 48.7 Å². The van der Waals surface area contributed by atoms with Gasteiger partial charge < -0.3 is 0 Å². The van der Waals surface area contributed by atoms with Crippen LogP contribution in [0.1, 0.15) is 18.4 Å². The van der Waals surface area contributed by atoms with Crippen molar-refractivity contribution in [2.45, 2.75) is 25.4 Å². The van der Waals surface area contributed by atoms with Gasteiger partial charge in [0, 0.05) is 43.3 Å². The summed E-state index contributed by atoms with van der Waals surface area (Å²) < 4.78 is 42.7. The summed E-state index contributed by atoms with van der Waals surface area (Å²) in [6, 6.07) is 12.0. The molecule has 0 atom stereocenters. The number of fused-ring (bicyclic) bond motifs is 1.